The topological polar surface area (TPSA) is 49.4 Å². The van der Waals surface area contributed by atoms with Crippen LogP contribution in [0.4, 0.5) is 0 Å². The Bertz CT molecular complexity index is 933. The lowest BCUT2D eigenvalue weighted by atomic mass is 10.1. The second-order valence-corrected chi connectivity index (χ2v) is 10.3. The summed E-state index contributed by atoms with van der Waals surface area (Å²) in [5.41, 5.74) is 1.39. The predicted molar refractivity (Wildman–Crippen MR) is 142 cm³/mol. The normalized spacial score (nSPS) is 12.8. The zero-order chi connectivity index (χ0) is 24.5. The Morgan fingerprint density at radius 2 is 1.42 bits per heavy atom. The van der Waals surface area contributed by atoms with Crippen LogP contribution in [0.5, 0.6) is 0 Å². The second kappa shape index (κ2) is 13.7. The number of carbonyl (C=O) groups excluding carboxylic acids is 2. The highest BCUT2D eigenvalue weighted by Crippen LogP contribution is 2.30. The van der Waals surface area contributed by atoms with Crippen LogP contribution in [-0.4, -0.2) is 34.6 Å². The number of benzene rings is 2. The van der Waals surface area contributed by atoms with Crippen molar-refractivity contribution in [2.45, 2.75) is 58.0 Å². The number of rotatable bonds is 11. The number of hydrogen-bond donors (Lipinski definition) is 1. The van der Waals surface area contributed by atoms with Gasteiger partial charge in [-0.05, 0) is 49.6 Å². The third-order valence-electron chi connectivity index (χ3n) is 5.31. The fraction of sp³-hybridized carbons (Fsp3) is 0.417. The molecule has 0 spiro atoms. The van der Waals surface area contributed by atoms with Crippen LogP contribution in [-0.2, 0) is 21.9 Å². The third kappa shape index (κ3) is 7.97. The first kappa shape index (κ1) is 28.1. The van der Waals surface area contributed by atoms with E-state index in [0.717, 1.165) is 12.0 Å². The van der Waals surface area contributed by atoms with Gasteiger partial charge in [-0.2, -0.15) is 0 Å². The molecular weight excluding hydrogens is 522 g/mol. The van der Waals surface area contributed by atoms with Gasteiger partial charge in [0.1, 0.15) is 6.04 Å². The molecule has 2 aromatic carbocycles. The SMILES string of the molecule is CC[C@H](C(=O)N[C@@H](C)CC)N(Cc1c(Cl)cccc1Cl)C(=O)CSCc1c(Cl)cccc1Cl. The molecule has 2 aromatic rings. The Balaban J connectivity index is 2.24. The minimum absolute atomic E-state index is 0.00384. The quantitative estimate of drug-likeness (QED) is 0.321. The van der Waals surface area contributed by atoms with Crippen LogP contribution in [0.2, 0.25) is 20.1 Å². The second-order valence-electron chi connectivity index (χ2n) is 7.66. The summed E-state index contributed by atoms with van der Waals surface area (Å²) >= 11 is 26.6. The molecule has 0 saturated carbocycles. The van der Waals surface area contributed by atoms with E-state index in [-0.39, 0.29) is 30.2 Å². The van der Waals surface area contributed by atoms with Gasteiger partial charge in [-0.15, -0.1) is 11.8 Å². The highest BCUT2D eigenvalue weighted by atomic mass is 35.5. The lowest BCUT2D eigenvalue weighted by Crippen LogP contribution is -2.51. The van der Waals surface area contributed by atoms with Crippen LogP contribution in [0.1, 0.15) is 44.7 Å². The van der Waals surface area contributed by atoms with Gasteiger partial charge in [0, 0.05) is 44.0 Å². The lowest BCUT2D eigenvalue weighted by Gasteiger charge is -2.32. The van der Waals surface area contributed by atoms with Crippen LogP contribution < -0.4 is 5.32 Å². The molecule has 0 aromatic heterocycles. The van der Waals surface area contributed by atoms with Gasteiger partial charge in [-0.1, -0.05) is 72.4 Å². The van der Waals surface area contributed by atoms with E-state index in [1.54, 1.807) is 41.3 Å². The van der Waals surface area contributed by atoms with Gasteiger partial charge < -0.3 is 10.2 Å². The largest absolute Gasteiger partial charge is 0.352 e. The molecule has 9 heteroatoms. The molecule has 0 aliphatic carbocycles. The van der Waals surface area contributed by atoms with Gasteiger partial charge in [0.15, 0.2) is 0 Å². The zero-order valence-corrected chi connectivity index (χ0v) is 22.7. The fourth-order valence-corrected chi connectivity index (χ4v) is 5.37. The Morgan fingerprint density at radius 1 is 0.909 bits per heavy atom. The van der Waals surface area contributed by atoms with Gasteiger partial charge in [-0.25, -0.2) is 0 Å². The number of nitrogens with one attached hydrogen (secondary N) is 1. The summed E-state index contributed by atoms with van der Waals surface area (Å²) in [4.78, 5) is 27.9. The van der Waals surface area contributed by atoms with Crippen molar-refractivity contribution in [3.05, 3.63) is 67.6 Å². The molecule has 0 fully saturated rings. The molecule has 2 amide bonds. The number of hydrogen-bond acceptors (Lipinski definition) is 3. The van der Waals surface area contributed by atoms with E-state index < -0.39 is 6.04 Å². The Morgan fingerprint density at radius 3 is 1.91 bits per heavy atom. The van der Waals surface area contributed by atoms with Crippen molar-refractivity contribution in [1.29, 1.82) is 0 Å². The molecule has 4 nitrogen and oxygen atoms in total. The molecule has 1 N–H and O–H groups in total. The Kier molecular flexibility index (Phi) is 11.7. The maximum atomic E-state index is 13.4. The first-order chi connectivity index (χ1) is 15.7. The number of nitrogens with zero attached hydrogens (tertiary/aromatic N) is 1. The van der Waals surface area contributed by atoms with E-state index >= 15 is 0 Å². The first-order valence-corrected chi connectivity index (χ1v) is 13.4. The van der Waals surface area contributed by atoms with Crippen LogP contribution in [0.25, 0.3) is 0 Å². The van der Waals surface area contributed by atoms with Crippen LogP contribution >= 0.6 is 58.2 Å². The smallest absolute Gasteiger partial charge is 0.243 e. The third-order valence-corrected chi connectivity index (χ3v) is 7.67. The van der Waals surface area contributed by atoms with Gasteiger partial charge in [0.25, 0.3) is 0 Å². The molecule has 2 rings (SSSR count). The lowest BCUT2D eigenvalue weighted by molar-refractivity contribution is -0.139. The summed E-state index contributed by atoms with van der Waals surface area (Å²) in [7, 11) is 0. The monoisotopic (exact) mass is 548 g/mol. The molecule has 2 atom stereocenters. The number of halogens is 4. The van der Waals surface area contributed by atoms with Crippen molar-refractivity contribution in [1.82, 2.24) is 10.2 Å². The molecule has 0 bridgehead atoms. The average Bonchev–Trinajstić information content (AvgIpc) is 2.77. The van der Waals surface area contributed by atoms with Crippen molar-refractivity contribution < 1.29 is 9.59 Å². The first-order valence-electron chi connectivity index (χ1n) is 10.7. The van der Waals surface area contributed by atoms with Crippen LogP contribution in [0.3, 0.4) is 0 Å². The van der Waals surface area contributed by atoms with Gasteiger partial charge in [0.2, 0.25) is 11.8 Å². The maximum Gasteiger partial charge on any atom is 0.243 e. The summed E-state index contributed by atoms with van der Waals surface area (Å²) in [5, 5.41) is 5.00. The minimum atomic E-state index is -0.650. The van der Waals surface area contributed by atoms with Crippen molar-refractivity contribution in [2.24, 2.45) is 0 Å². The summed E-state index contributed by atoms with van der Waals surface area (Å²) in [6.45, 7) is 5.95. The number of carbonyl (C=O) groups is 2. The standard InChI is InChI=1S/C24H28Cl4N2O2S/c1-4-15(3)29-24(32)22(5-2)30(12-16-18(25)8-6-9-19(16)26)23(31)14-33-13-17-20(27)10-7-11-21(17)28/h6-11,15,22H,4-5,12-14H2,1-3H3,(H,29,32)/t15-,22+/m0/s1. The van der Waals surface area contributed by atoms with Crippen LogP contribution in [0, 0.1) is 0 Å². The van der Waals surface area contributed by atoms with Crippen molar-refractivity contribution in [3.8, 4) is 0 Å². The van der Waals surface area contributed by atoms with E-state index in [1.165, 1.54) is 11.8 Å². The molecule has 180 valence electrons. The fourth-order valence-electron chi connectivity index (χ4n) is 3.21. The maximum absolute atomic E-state index is 13.4. The van der Waals surface area contributed by atoms with Crippen LogP contribution in [0.15, 0.2) is 36.4 Å². The van der Waals surface area contributed by atoms with E-state index in [4.69, 9.17) is 46.4 Å². The van der Waals surface area contributed by atoms with Crippen molar-refractivity contribution in [3.63, 3.8) is 0 Å². The highest BCUT2D eigenvalue weighted by Gasteiger charge is 2.30. The predicted octanol–water partition coefficient (Wildman–Crippen LogP) is 7.26. The van der Waals surface area contributed by atoms with E-state index in [9.17, 15) is 9.59 Å². The molecule has 0 heterocycles. The number of thioether (sulfide) groups is 1. The zero-order valence-electron chi connectivity index (χ0n) is 18.8. The number of amides is 2. The van der Waals surface area contributed by atoms with Gasteiger partial charge in [0.05, 0.1) is 5.75 Å². The Hall–Kier alpha value is -1.11. The molecular formula is C24H28Cl4N2O2S. The van der Waals surface area contributed by atoms with Crippen molar-refractivity contribution >= 4 is 70.0 Å². The van der Waals surface area contributed by atoms with Gasteiger partial charge >= 0.3 is 0 Å². The van der Waals surface area contributed by atoms with E-state index in [0.29, 0.717) is 37.8 Å². The molecule has 0 unspecified atom stereocenters. The average molecular weight is 550 g/mol. The highest BCUT2D eigenvalue weighted by molar-refractivity contribution is 7.99. The molecule has 0 saturated heterocycles. The summed E-state index contributed by atoms with van der Waals surface area (Å²) in [6, 6.07) is 9.86. The minimum Gasteiger partial charge on any atom is -0.352 e. The molecule has 0 radical (unpaired) electrons. The van der Waals surface area contributed by atoms with Gasteiger partial charge in [-0.3, -0.25) is 9.59 Å². The molecule has 0 aliphatic heterocycles. The summed E-state index contributed by atoms with van der Waals surface area (Å²) < 4.78 is 0. The summed E-state index contributed by atoms with van der Waals surface area (Å²) in [5.74, 6) is 0.241. The summed E-state index contributed by atoms with van der Waals surface area (Å²) in [6.07, 6.45) is 1.25. The Labute approximate surface area is 220 Å². The molecule has 33 heavy (non-hydrogen) atoms. The van der Waals surface area contributed by atoms with Crippen molar-refractivity contribution in [2.75, 3.05) is 5.75 Å². The molecule has 0 aliphatic rings. The van der Waals surface area contributed by atoms with E-state index in [2.05, 4.69) is 5.32 Å². The van der Waals surface area contributed by atoms with E-state index in [1.807, 2.05) is 20.8 Å².